The van der Waals surface area contributed by atoms with Gasteiger partial charge in [0.15, 0.2) is 19.7 Å². The van der Waals surface area contributed by atoms with Crippen LogP contribution in [0, 0.1) is 0 Å². The van der Waals surface area contributed by atoms with Gasteiger partial charge in [-0.05, 0) is 11.6 Å². The summed E-state index contributed by atoms with van der Waals surface area (Å²) in [7, 11) is -7.91. The highest BCUT2D eigenvalue weighted by Crippen LogP contribution is 2.38. The molecule has 1 heterocycles. The molecule has 0 aromatic heterocycles. The molecule has 1 aromatic carbocycles. The smallest absolute Gasteiger partial charge is 0.228 e. The van der Waals surface area contributed by atoms with E-state index in [1.807, 2.05) is 0 Å². The van der Waals surface area contributed by atoms with Crippen LogP contribution in [0.2, 0.25) is 0 Å². The summed E-state index contributed by atoms with van der Waals surface area (Å²) in [6.45, 7) is 0. The largest absolute Gasteiger partial charge is 0.416 e. The summed E-state index contributed by atoms with van der Waals surface area (Å²) < 4.78 is 86.5. The molecule has 21 heavy (non-hydrogen) atoms. The van der Waals surface area contributed by atoms with Gasteiger partial charge in [0.05, 0.1) is 17.1 Å². The Balaban J connectivity index is 2.65. The maximum absolute atomic E-state index is 13.0. The van der Waals surface area contributed by atoms with Crippen LogP contribution in [0.1, 0.15) is 16.4 Å². The molecule has 0 radical (unpaired) electrons. The number of benzene rings is 1. The molecule has 2 rings (SSSR count). The fraction of sp³-hybridized carbons (Fsp3) is 0.333. The quantitative estimate of drug-likeness (QED) is 0.785. The van der Waals surface area contributed by atoms with E-state index in [0.29, 0.717) is 0 Å². The minimum atomic E-state index is -4.75. The molecule has 0 saturated heterocycles. The minimum absolute atomic E-state index is 0.530. The first-order valence-electron chi connectivity index (χ1n) is 5.80. The minimum Gasteiger partial charge on any atom is -0.228 e. The first-order chi connectivity index (χ1) is 9.53. The van der Waals surface area contributed by atoms with E-state index in [4.69, 9.17) is 0 Å². The summed E-state index contributed by atoms with van der Waals surface area (Å²) in [5.41, 5.74) is -1.66. The van der Waals surface area contributed by atoms with E-state index in [0.717, 1.165) is 29.7 Å². The third-order valence-electron chi connectivity index (χ3n) is 3.06. The van der Waals surface area contributed by atoms with E-state index in [-0.39, 0.29) is 0 Å². The van der Waals surface area contributed by atoms with E-state index < -0.39 is 53.7 Å². The molecule has 0 fully saturated rings. The van der Waals surface area contributed by atoms with Crippen molar-refractivity contribution in [1.29, 1.82) is 0 Å². The van der Waals surface area contributed by atoms with Gasteiger partial charge in [-0.15, -0.1) is 0 Å². The van der Waals surface area contributed by atoms with Crippen LogP contribution in [0.25, 0.3) is 0 Å². The molecule has 1 aliphatic heterocycles. The average Bonchev–Trinajstić information content (AvgIpc) is 2.44. The predicted molar refractivity (Wildman–Crippen MR) is 70.9 cm³/mol. The van der Waals surface area contributed by atoms with Crippen LogP contribution >= 0.6 is 0 Å². The molecule has 9 heteroatoms. The van der Waals surface area contributed by atoms with Crippen molar-refractivity contribution in [2.24, 2.45) is 0 Å². The monoisotopic (exact) mass is 340 g/mol. The SMILES string of the molecule is O=S1(=O)C=CCS(=O)(=O)C(c2ccccc2C(F)(F)F)C1. The van der Waals surface area contributed by atoms with E-state index >= 15 is 0 Å². The molecule has 1 aliphatic rings. The third-order valence-corrected chi connectivity index (χ3v) is 6.62. The summed E-state index contributed by atoms with van der Waals surface area (Å²) in [6, 6.07) is 4.13. The van der Waals surface area contributed by atoms with Gasteiger partial charge in [-0.25, -0.2) is 16.8 Å². The number of sulfone groups is 2. The highest BCUT2D eigenvalue weighted by Gasteiger charge is 2.40. The molecule has 0 N–H and O–H groups in total. The van der Waals surface area contributed by atoms with Gasteiger partial charge in [0.1, 0.15) is 5.25 Å². The van der Waals surface area contributed by atoms with Crippen molar-refractivity contribution in [2.75, 3.05) is 11.5 Å². The third kappa shape index (κ3) is 3.46. The van der Waals surface area contributed by atoms with Crippen molar-refractivity contribution >= 4 is 19.7 Å². The Bertz CT molecular complexity index is 777. The van der Waals surface area contributed by atoms with Gasteiger partial charge in [0.2, 0.25) is 0 Å². The van der Waals surface area contributed by atoms with Crippen molar-refractivity contribution in [1.82, 2.24) is 0 Å². The molecule has 0 bridgehead atoms. The van der Waals surface area contributed by atoms with E-state index in [1.165, 1.54) is 6.07 Å². The van der Waals surface area contributed by atoms with Gasteiger partial charge in [-0.1, -0.05) is 24.3 Å². The Labute approximate surface area is 120 Å². The lowest BCUT2D eigenvalue weighted by atomic mass is 10.0. The van der Waals surface area contributed by atoms with Crippen LogP contribution in [-0.4, -0.2) is 28.3 Å². The van der Waals surface area contributed by atoms with E-state index in [2.05, 4.69) is 0 Å². The molecular formula is C12H11F3O4S2. The van der Waals surface area contributed by atoms with Gasteiger partial charge >= 0.3 is 6.18 Å². The van der Waals surface area contributed by atoms with Crippen LogP contribution in [0.4, 0.5) is 13.2 Å². The lowest BCUT2D eigenvalue weighted by Crippen LogP contribution is -2.24. The van der Waals surface area contributed by atoms with Crippen LogP contribution in [0.15, 0.2) is 35.7 Å². The Morgan fingerprint density at radius 1 is 1.05 bits per heavy atom. The highest BCUT2D eigenvalue weighted by atomic mass is 32.2. The summed E-state index contributed by atoms with van der Waals surface area (Å²) in [6.07, 6.45) is -3.81. The molecule has 1 atom stereocenters. The standard InChI is InChI=1S/C12H11F3O4S2/c13-12(14,15)10-5-2-1-4-9(10)11-8-20(16,17)6-3-7-21(11,18)19/h1-6,11H,7-8H2. The molecule has 0 amide bonds. The Kier molecular flexibility index (Phi) is 3.92. The summed E-state index contributed by atoms with van der Waals surface area (Å²) in [4.78, 5) is 0. The zero-order valence-electron chi connectivity index (χ0n) is 10.5. The van der Waals surface area contributed by atoms with Gasteiger partial charge in [0.25, 0.3) is 0 Å². The van der Waals surface area contributed by atoms with Crippen molar-refractivity contribution < 1.29 is 30.0 Å². The van der Waals surface area contributed by atoms with Gasteiger partial charge in [0, 0.05) is 5.41 Å². The summed E-state index contributed by atoms with van der Waals surface area (Å²) in [5, 5.41) is -0.990. The van der Waals surface area contributed by atoms with Crippen molar-refractivity contribution in [2.45, 2.75) is 11.4 Å². The fourth-order valence-corrected chi connectivity index (χ4v) is 5.94. The van der Waals surface area contributed by atoms with Crippen LogP contribution < -0.4 is 0 Å². The Morgan fingerprint density at radius 3 is 2.29 bits per heavy atom. The Morgan fingerprint density at radius 2 is 1.67 bits per heavy atom. The molecule has 0 saturated carbocycles. The van der Waals surface area contributed by atoms with Crippen LogP contribution in [0.3, 0.4) is 0 Å². The highest BCUT2D eigenvalue weighted by molar-refractivity contribution is 7.97. The zero-order valence-corrected chi connectivity index (χ0v) is 12.2. The maximum atomic E-state index is 13.0. The molecule has 116 valence electrons. The first-order valence-corrected chi connectivity index (χ1v) is 9.23. The van der Waals surface area contributed by atoms with Crippen LogP contribution in [-0.2, 0) is 25.9 Å². The van der Waals surface area contributed by atoms with Crippen molar-refractivity contribution in [3.05, 3.63) is 46.9 Å². The number of hydrogen-bond donors (Lipinski definition) is 0. The van der Waals surface area contributed by atoms with Crippen molar-refractivity contribution in [3.63, 3.8) is 0 Å². The number of rotatable bonds is 1. The van der Waals surface area contributed by atoms with Gasteiger partial charge in [-0.2, -0.15) is 13.2 Å². The van der Waals surface area contributed by atoms with Crippen LogP contribution in [0.5, 0.6) is 0 Å². The lowest BCUT2D eigenvalue weighted by Gasteiger charge is -2.19. The predicted octanol–water partition coefficient (Wildman–Crippen LogP) is 2.10. The second-order valence-electron chi connectivity index (χ2n) is 4.60. The fourth-order valence-electron chi connectivity index (χ4n) is 2.13. The summed E-state index contributed by atoms with van der Waals surface area (Å²) in [5.74, 6) is -1.50. The normalized spacial score (nSPS) is 24.4. The average molecular weight is 340 g/mol. The van der Waals surface area contributed by atoms with E-state index in [1.54, 1.807) is 0 Å². The van der Waals surface area contributed by atoms with Gasteiger partial charge in [-0.3, -0.25) is 0 Å². The van der Waals surface area contributed by atoms with E-state index in [9.17, 15) is 30.0 Å². The topological polar surface area (TPSA) is 68.3 Å². The van der Waals surface area contributed by atoms with Crippen molar-refractivity contribution in [3.8, 4) is 0 Å². The molecule has 0 aliphatic carbocycles. The second kappa shape index (κ2) is 5.13. The molecule has 0 spiro atoms. The Hall–Kier alpha value is -1.35. The molecule has 1 unspecified atom stereocenters. The lowest BCUT2D eigenvalue weighted by molar-refractivity contribution is -0.138. The number of alkyl halides is 3. The second-order valence-corrected chi connectivity index (χ2v) is 8.76. The maximum Gasteiger partial charge on any atom is 0.416 e. The number of hydrogen-bond acceptors (Lipinski definition) is 4. The number of halogens is 3. The summed E-state index contributed by atoms with van der Waals surface area (Å²) >= 11 is 0. The molecule has 4 nitrogen and oxygen atoms in total. The molecular weight excluding hydrogens is 329 g/mol. The first kappa shape index (κ1) is 16.0. The molecule has 1 aromatic rings. The zero-order chi connectivity index (χ0) is 15.9. The van der Waals surface area contributed by atoms with Gasteiger partial charge < -0.3 is 0 Å².